The van der Waals surface area contributed by atoms with Crippen molar-refractivity contribution in [1.29, 1.82) is 0 Å². The topological polar surface area (TPSA) is 109 Å². The van der Waals surface area contributed by atoms with E-state index in [0.29, 0.717) is 16.4 Å². The van der Waals surface area contributed by atoms with E-state index >= 15 is 0 Å². The molecule has 0 atom stereocenters. The Bertz CT molecular complexity index is 1300. The Morgan fingerprint density at radius 3 is 2.59 bits per heavy atom. The first kappa shape index (κ1) is 19.0. The van der Waals surface area contributed by atoms with Crippen molar-refractivity contribution in [2.45, 2.75) is 4.90 Å². The van der Waals surface area contributed by atoms with Crippen LogP contribution in [-0.4, -0.2) is 28.9 Å². The number of H-pyrrole nitrogens is 1. The van der Waals surface area contributed by atoms with Gasteiger partial charge < -0.3 is 14.9 Å². The van der Waals surface area contributed by atoms with Gasteiger partial charge in [-0.3, -0.25) is 4.79 Å². The molecule has 3 N–H and O–H groups in total. The van der Waals surface area contributed by atoms with Gasteiger partial charge in [0.05, 0.1) is 4.90 Å². The van der Waals surface area contributed by atoms with E-state index in [1.807, 2.05) is 6.07 Å². The smallest absolute Gasteiger partial charge is 0.272 e. The minimum Gasteiger partial charge on any atom is -0.340 e. The van der Waals surface area contributed by atoms with E-state index in [0.717, 1.165) is 10.9 Å². The number of nitrogens with one attached hydrogen (secondary N) is 3. The number of hydrogen-bond acceptors (Lipinski definition) is 4. The van der Waals surface area contributed by atoms with E-state index in [-0.39, 0.29) is 16.8 Å². The van der Waals surface area contributed by atoms with E-state index in [1.165, 1.54) is 36.7 Å². The molecular weight excluding hydrogens is 414 g/mol. The molecule has 2 aromatic carbocycles. The second-order valence-corrected chi connectivity index (χ2v) is 8.43. The summed E-state index contributed by atoms with van der Waals surface area (Å²) in [6.07, 6.45) is 2.95. The Hall–Kier alpha value is -3.30. The number of carbonyl (C=O) groups excluding carboxylic acids is 1. The van der Waals surface area contributed by atoms with Gasteiger partial charge in [-0.25, -0.2) is 18.1 Å². The van der Waals surface area contributed by atoms with Crippen molar-refractivity contribution in [3.8, 4) is 0 Å². The van der Waals surface area contributed by atoms with E-state index in [4.69, 9.17) is 11.6 Å². The number of carbonyl (C=O) groups is 1. The molecule has 0 bridgehead atoms. The number of anilines is 2. The highest BCUT2D eigenvalue weighted by Crippen LogP contribution is 2.23. The fourth-order valence-corrected chi connectivity index (χ4v) is 4.12. The number of aromatic amines is 1. The SMILES string of the molecule is Cn1c(C(=O)Nc2ccc(S(=O)(=O)Nc3ncc[nH]3)cc2)cc2cc(Cl)ccc21. The van der Waals surface area contributed by atoms with Gasteiger partial charge in [-0.15, -0.1) is 0 Å². The summed E-state index contributed by atoms with van der Waals surface area (Å²) in [6, 6.07) is 13.0. The van der Waals surface area contributed by atoms with Crippen molar-refractivity contribution in [3.05, 3.63) is 71.6 Å². The van der Waals surface area contributed by atoms with E-state index in [9.17, 15) is 13.2 Å². The minimum absolute atomic E-state index is 0.0474. The molecule has 0 aliphatic heterocycles. The van der Waals surface area contributed by atoms with Gasteiger partial charge in [0.1, 0.15) is 5.69 Å². The fourth-order valence-electron chi connectivity index (χ4n) is 2.96. The third kappa shape index (κ3) is 3.82. The van der Waals surface area contributed by atoms with Crippen molar-refractivity contribution in [1.82, 2.24) is 14.5 Å². The Morgan fingerprint density at radius 2 is 1.90 bits per heavy atom. The zero-order valence-corrected chi connectivity index (χ0v) is 16.8. The largest absolute Gasteiger partial charge is 0.340 e. The van der Waals surface area contributed by atoms with Crippen LogP contribution >= 0.6 is 11.6 Å². The number of benzene rings is 2. The Kier molecular flexibility index (Phi) is 4.77. The van der Waals surface area contributed by atoms with Crippen molar-refractivity contribution >= 4 is 50.1 Å². The maximum atomic E-state index is 12.7. The summed E-state index contributed by atoms with van der Waals surface area (Å²) >= 11 is 6.02. The molecule has 4 rings (SSSR count). The highest BCUT2D eigenvalue weighted by atomic mass is 35.5. The van der Waals surface area contributed by atoms with Crippen LogP contribution in [0.15, 0.2) is 65.8 Å². The summed E-state index contributed by atoms with van der Waals surface area (Å²) in [5.74, 6) is -0.192. The highest BCUT2D eigenvalue weighted by molar-refractivity contribution is 7.92. The number of halogens is 1. The van der Waals surface area contributed by atoms with Gasteiger partial charge in [0.15, 0.2) is 0 Å². The molecule has 4 aromatic rings. The molecule has 148 valence electrons. The lowest BCUT2D eigenvalue weighted by molar-refractivity contribution is 0.101. The predicted molar refractivity (Wildman–Crippen MR) is 112 cm³/mol. The number of fused-ring (bicyclic) bond motifs is 1. The molecule has 2 aromatic heterocycles. The van der Waals surface area contributed by atoms with Crippen molar-refractivity contribution in [3.63, 3.8) is 0 Å². The van der Waals surface area contributed by atoms with E-state index in [1.54, 1.807) is 29.8 Å². The van der Waals surface area contributed by atoms with Gasteiger partial charge in [0, 0.05) is 41.1 Å². The molecule has 0 saturated carbocycles. The number of amides is 1. The molecular formula is C19H16ClN5O3S. The maximum Gasteiger partial charge on any atom is 0.272 e. The van der Waals surface area contributed by atoms with Crippen LogP contribution in [0, 0.1) is 0 Å². The standard InChI is InChI=1S/C19H16ClN5O3S/c1-25-16-7-2-13(20)10-12(16)11-17(25)18(26)23-14-3-5-15(6-4-14)29(27,28)24-19-21-8-9-22-19/h2-11H,1H3,(H,23,26)(H2,21,22,24). The van der Waals surface area contributed by atoms with Crippen LogP contribution < -0.4 is 10.0 Å². The molecule has 10 heteroatoms. The summed E-state index contributed by atoms with van der Waals surface area (Å²) in [5.41, 5.74) is 1.80. The predicted octanol–water partition coefficient (Wildman–Crippen LogP) is 3.61. The van der Waals surface area contributed by atoms with Crippen molar-refractivity contribution in [2.24, 2.45) is 7.05 Å². The summed E-state index contributed by atoms with van der Waals surface area (Å²) in [6.45, 7) is 0. The lowest BCUT2D eigenvalue weighted by Gasteiger charge is -2.09. The van der Waals surface area contributed by atoms with Gasteiger partial charge in [0.2, 0.25) is 5.95 Å². The molecule has 1 amide bonds. The normalized spacial score (nSPS) is 11.5. The number of nitrogens with zero attached hydrogens (tertiary/aromatic N) is 2. The van der Waals surface area contributed by atoms with Crippen LogP contribution in [0.4, 0.5) is 11.6 Å². The first-order chi connectivity index (χ1) is 13.8. The second-order valence-electron chi connectivity index (χ2n) is 6.31. The van der Waals surface area contributed by atoms with Crippen molar-refractivity contribution in [2.75, 3.05) is 10.0 Å². The molecule has 0 aliphatic carbocycles. The van der Waals surface area contributed by atoms with Gasteiger partial charge in [-0.1, -0.05) is 11.6 Å². The van der Waals surface area contributed by atoms with E-state index < -0.39 is 10.0 Å². The zero-order chi connectivity index (χ0) is 20.6. The average molecular weight is 430 g/mol. The molecule has 0 aliphatic rings. The number of imidazole rings is 1. The lowest BCUT2D eigenvalue weighted by Crippen LogP contribution is -2.16. The number of hydrogen-bond donors (Lipinski definition) is 3. The van der Waals surface area contributed by atoms with Gasteiger partial charge in [0.25, 0.3) is 15.9 Å². The lowest BCUT2D eigenvalue weighted by atomic mass is 10.2. The third-order valence-electron chi connectivity index (χ3n) is 4.39. The minimum atomic E-state index is -3.78. The van der Waals surface area contributed by atoms with Crippen LogP contribution in [0.5, 0.6) is 0 Å². The molecule has 0 unspecified atom stereocenters. The Morgan fingerprint density at radius 1 is 1.14 bits per heavy atom. The molecule has 29 heavy (non-hydrogen) atoms. The first-order valence-electron chi connectivity index (χ1n) is 8.52. The summed E-state index contributed by atoms with van der Waals surface area (Å²) in [4.78, 5) is 19.2. The average Bonchev–Trinajstić information content (AvgIpc) is 3.29. The first-order valence-corrected chi connectivity index (χ1v) is 10.4. The Labute approximate surface area is 171 Å². The van der Waals surface area contributed by atoms with Gasteiger partial charge >= 0.3 is 0 Å². The van der Waals surface area contributed by atoms with Crippen LogP contribution in [0.1, 0.15) is 10.5 Å². The van der Waals surface area contributed by atoms with Crippen LogP contribution in [0.3, 0.4) is 0 Å². The van der Waals surface area contributed by atoms with Crippen LogP contribution in [-0.2, 0) is 17.1 Å². The van der Waals surface area contributed by atoms with Crippen LogP contribution in [0.25, 0.3) is 10.9 Å². The number of rotatable bonds is 5. The fraction of sp³-hybridized carbons (Fsp3) is 0.0526. The molecule has 0 spiro atoms. The molecule has 8 nitrogen and oxygen atoms in total. The number of aromatic nitrogens is 3. The summed E-state index contributed by atoms with van der Waals surface area (Å²) in [5, 5.41) is 4.22. The summed E-state index contributed by atoms with van der Waals surface area (Å²) < 4.78 is 28.8. The number of aryl methyl sites for hydroxylation is 1. The van der Waals surface area contributed by atoms with Gasteiger partial charge in [-0.2, -0.15) is 0 Å². The number of sulfonamides is 1. The molecule has 0 saturated heterocycles. The maximum absolute atomic E-state index is 12.7. The van der Waals surface area contributed by atoms with E-state index in [2.05, 4.69) is 20.0 Å². The Balaban J connectivity index is 1.53. The van der Waals surface area contributed by atoms with Crippen molar-refractivity contribution < 1.29 is 13.2 Å². The van der Waals surface area contributed by atoms with Crippen LogP contribution in [0.2, 0.25) is 5.02 Å². The summed E-state index contributed by atoms with van der Waals surface area (Å²) in [7, 11) is -1.99. The quantitative estimate of drug-likeness (QED) is 0.450. The molecule has 0 radical (unpaired) electrons. The monoisotopic (exact) mass is 429 g/mol. The zero-order valence-electron chi connectivity index (χ0n) is 15.2. The molecule has 0 fully saturated rings. The second kappa shape index (κ2) is 7.26. The third-order valence-corrected chi connectivity index (χ3v) is 5.98. The highest BCUT2D eigenvalue weighted by Gasteiger charge is 2.17. The molecule has 2 heterocycles. The van der Waals surface area contributed by atoms with Gasteiger partial charge in [-0.05, 0) is 48.5 Å².